The molecule has 2 aromatic heterocycles. The van der Waals surface area contributed by atoms with E-state index in [0.29, 0.717) is 5.88 Å². The smallest absolute Gasteiger partial charge is 0.178 e. The van der Waals surface area contributed by atoms with Crippen molar-refractivity contribution in [3.63, 3.8) is 0 Å². The molecule has 0 aliphatic rings. The molecule has 3 rings (SSSR count). The number of rotatable bonds is 2. The van der Waals surface area contributed by atoms with Crippen LogP contribution in [0.15, 0.2) is 36.5 Å². The van der Waals surface area contributed by atoms with E-state index in [4.69, 9.17) is 11.6 Å². The maximum Gasteiger partial charge on any atom is 0.178 e. The van der Waals surface area contributed by atoms with Crippen LogP contribution in [0, 0.1) is 6.92 Å². The second-order valence-electron chi connectivity index (χ2n) is 4.30. The fraction of sp³-hybridized carbons (Fsp3) is 0.143. The first kappa shape index (κ1) is 11.2. The second kappa shape index (κ2) is 4.42. The van der Waals surface area contributed by atoms with E-state index in [9.17, 15) is 0 Å². The Balaban J connectivity index is 2.07. The first-order valence-corrected chi connectivity index (χ1v) is 6.27. The molecule has 4 heteroatoms. The van der Waals surface area contributed by atoms with Gasteiger partial charge >= 0.3 is 0 Å². The van der Waals surface area contributed by atoms with Crippen molar-refractivity contribution in [3.05, 3.63) is 47.7 Å². The van der Waals surface area contributed by atoms with Crippen LogP contribution >= 0.6 is 11.6 Å². The summed E-state index contributed by atoms with van der Waals surface area (Å²) in [6, 6.07) is 10.1. The lowest BCUT2D eigenvalue weighted by Crippen LogP contribution is -1.82. The maximum atomic E-state index is 5.77. The molecule has 90 valence electrons. The van der Waals surface area contributed by atoms with Crippen LogP contribution in [0.5, 0.6) is 0 Å². The molecule has 0 radical (unpaired) electrons. The van der Waals surface area contributed by atoms with Crippen molar-refractivity contribution in [2.45, 2.75) is 12.8 Å². The molecule has 0 saturated heterocycles. The number of nitrogens with zero attached hydrogens (tertiary/aromatic N) is 2. The molecule has 0 unspecified atom stereocenters. The Hall–Kier alpha value is -1.87. The van der Waals surface area contributed by atoms with Crippen molar-refractivity contribution < 1.29 is 0 Å². The molecule has 18 heavy (non-hydrogen) atoms. The lowest BCUT2D eigenvalue weighted by molar-refractivity contribution is 1.28. The molecule has 0 aliphatic carbocycles. The summed E-state index contributed by atoms with van der Waals surface area (Å²) < 4.78 is 0. The zero-order valence-corrected chi connectivity index (χ0v) is 10.7. The number of nitrogens with one attached hydrogen (secondary N) is 1. The first-order valence-electron chi connectivity index (χ1n) is 5.74. The number of halogens is 1. The molecule has 1 aromatic carbocycles. The van der Waals surface area contributed by atoms with Gasteiger partial charge in [-0.25, -0.2) is 9.97 Å². The minimum Gasteiger partial charge on any atom is -0.337 e. The van der Waals surface area contributed by atoms with Gasteiger partial charge in [0.1, 0.15) is 5.82 Å². The predicted octanol–water partition coefficient (Wildman–Crippen LogP) is 3.67. The number of pyridine rings is 1. The van der Waals surface area contributed by atoms with E-state index >= 15 is 0 Å². The van der Waals surface area contributed by atoms with Crippen molar-refractivity contribution in [2.75, 3.05) is 0 Å². The Kier molecular flexibility index (Phi) is 2.76. The minimum atomic E-state index is 0.529. The lowest BCUT2D eigenvalue weighted by Gasteiger charge is -1.98. The third-order valence-electron chi connectivity index (χ3n) is 2.86. The van der Waals surface area contributed by atoms with Crippen LogP contribution in [0.3, 0.4) is 0 Å². The standard InChI is InChI=1S/C14H12ClN3/c1-9-6-12-14(16-8-9)18-13(17-12)11-4-2-10(7-15)3-5-11/h2-6,8H,7H2,1H3,(H,16,17,18). The average Bonchev–Trinajstić information content (AvgIpc) is 2.81. The van der Waals surface area contributed by atoms with Crippen LogP contribution in [-0.4, -0.2) is 15.0 Å². The van der Waals surface area contributed by atoms with E-state index in [1.807, 2.05) is 43.5 Å². The summed E-state index contributed by atoms with van der Waals surface area (Å²) in [5.74, 6) is 1.37. The number of aryl methyl sites for hydroxylation is 1. The number of hydrogen-bond donors (Lipinski definition) is 1. The van der Waals surface area contributed by atoms with Gasteiger partial charge in [-0.3, -0.25) is 0 Å². The van der Waals surface area contributed by atoms with E-state index in [1.165, 1.54) is 0 Å². The van der Waals surface area contributed by atoms with Gasteiger partial charge in [-0.1, -0.05) is 24.3 Å². The maximum absolute atomic E-state index is 5.77. The van der Waals surface area contributed by atoms with Crippen molar-refractivity contribution in [1.82, 2.24) is 15.0 Å². The van der Waals surface area contributed by atoms with Crippen LogP contribution in [0.25, 0.3) is 22.6 Å². The minimum absolute atomic E-state index is 0.529. The van der Waals surface area contributed by atoms with E-state index in [1.54, 1.807) is 0 Å². The van der Waals surface area contributed by atoms with Crippen LogP contribution < -0.4 is 0 Å². The lowest BCUT2D eigenvalue weighted by atomic mass is 10.1. The second-order valence-corrected chi connectivity index (χ2v) is 4.57. The first-order chi connectivity index (χ1) is 8.76. The van der Waals surface area contributed by atoms with Crippen LogP contribution in [0.4, 0.5) is 0 Å². The Morgan fingerprint density at radius 2 is 2.00 bits per heavy atom. The molecule has 0 saturated carbocycles. The Morgan fingerprint density at radius 3 is 2.72 bits per heavy atom. The van der Waals surface area contributed by atoms with Gasteiger partial charge in [-0.2, -0.15) is 0 Å². The van der Waals surface area contributed by atoms with E-state index in [0.717, 1.165) is 33.7 Å². The molecule has 0 bridgehead atoms. The normalized spacial score (nSPS) is 11.0. The van der Waals surface area contributed by atoms with E-state index in [-0.39, 0.29) is 0 Å². The van der Waals surface area contributed by atoms with Crippen molar-refractivity contribution in [2.24, 2.45) is 0 Å². The zero-order chi connectivity index (χ0) is 12.5. The van der Waals surface area contributed by atoms with Gasteiger partial charge in [-0.05, 0) is 24.1 Å². The number of H-pyrrole nitrogens is 1. The molecule has 0 amide bonds. The van der Waals surface area contributed by atoms with E-state index < -0.39 is 0 Å². The summed E-state index contributed by atoms with van der Waals surface area (Å²) in [6.45, 7) is 2.02. The number of imidazole rings is 1. The zero-order valence-electron chi connectivity index (χ0n) is 9.94. The topological polar surface area (TPSA) is 41.6 Å². The number of aromatic amines is 1. The van der Waals surface area contributed by atoms with Gasteiger partial charge in [0.2, 0.25) is 0 Å². The third kappa shape index (κ3) is 1.97. The third-order valence-corrected chi connectivity index (χ3v) is 3.16. The molecular formula is C14H12ClN3. The largest absolute Gasteiger partial charge is 0.337 e. The molecular weight excluding hydrogens is 246 g/mol. The Labute approximate surface area is 110 Å². The molecule has 3 aromatic rings. The average molecular weight is 258 g/mol. The predicted molar refractivity (Wildman–Crippen MR) is 73.6 cm³/mol. The highest BCUT2D eigenvalue weighted by Crippen LogP contribution is 2.20. The fourth-order valence-electron chi connectivity index (χ4n) is 1.89. The van der Waals surface area contributed by atoms with Gasteiger partial charge in [0.05, 0.1) is 5.52 Å². The van der Waals surface area contributed by atoms with Crippen LogP contribution in [0.2, 0.25) is 0 Å². The number of benzene rings is 1. The highest BCUT2D eigenvalue weighted by Gasteiger charge is 2.06. The summed E-state index contributed by atoms with van der Waals surface area (Å²) in [5.41, 5.74) is 4.98. The molecule has 0 spiro atoms. The number of fused-ring (bicyclic) bond motifs is 1. The SMILES string of the molecule is Cc1cnc2nc(-c3ccc(CCl)cc3)[nH]c2c1. The summed E-state index contributed by atoms with van der Waals surface area (Å²) in [6.07, 6.45) is 1.82. The van der Waals surface area contributed by atoms with Crippen molar-refractivity contribution in [1.29, 1.82) is 0 Å². The van der Waals surface area contributed by atoms with Gasteiger partial charge in [-0.15, -0.1) is 11.6 Å². The van der Waals surface area contributed by atoms with Gasteiger partial charge in [0.15, 0.2) is 5.65 Å². The summed E-state index contributed by atoms with van der Waals surface area (Å²) in [4.78, 5) is 12.1. The molecule has 0 atom stereocenters. The molecule has 1 N–H and O–H groups in total. The van der Waals surface area contributed by atoms with Crippen LogP contribution in [0.1, 0.15) is 11.1 Å². The molecule has 3 nitrogen and oxygen atoms in total. The number of aromatic nitrogens is 3. The van der Waals surface area contributed by atoms with Gasteiger partial charge < -0.3 is 4.98 Å². The fourth-order valence-corrected chi connectivity index (χ4v) is 2.07. The molecule has 2 heterocycles. The molecule has 0 fully saturated rings. The monoisotopic (exact) mass is 257 g/mol. The van der Waals surface area contributed by atoms with Crippen molar-refractivity contribution in [3.8, 4) is 11.4 Å². The number of hydrogen-bond acceptors (Lipinski definition) is 2. The quantitative estimate of drug-likeness (QED) is 0.712. The van der Waals surface area contributed by atoms with Gasteiger partial charge in [0, 0.05) is 17.6 Å². The van der Waals surface area contributed by atoms with Crippen LogP contribution in [-0.2, 0) is 5.88 Å². The summed E-state index contributed by atoms with van der Waals surface area (Å²) in [5, 5.41) is 0. The molecule has 0 aliphatic heterocycles. The number of alkyl halides is 1. The Morgan fingerprint density at radius 1 is 1.22 bits per heavy atom. The van der Waals surface area contributed by atoms with E-state index in [2.05, 4.69) is 15.0 Å². The highest BCUT2D eigenvalue weighted by molar-refractivity contribution is 6.17. The Bertz CT molecular complexity index is 686. The summed E-state index contributed by atoms with van der Waals surface area (Å²) >= 11 is 5.77. The highest BCUT2D eigenvalue weighted by atomic mass is 35.5. The van der Waals surface area contributed by atoms with Crippen molar-refractivity contribution >= 4 is 22.8 Å². The van der Waals surface area contributed by atoms with Gasteiger partial charge in [0.25, 0.3) is 0 Å². The summed E-state index contributed by atoms with van der Waals surface area (Å²) in [7, 11) is 0.